The first kappa shape index (κ1) is 41.3. The maximum Gasteiger partial charge on any atom is 0.407 e. The molecule has 4 unspecified atom stereocenters. The van der Waals surface area contributed by atoms with Gasteiger partial charge in [-0.2, -0.15) is 0 Å². The van der Waals surface area contributed by atoms with E-state index in [1.807, 2.05) is 52.3 Å². The Labute approximate surface area is 360 Å². The minimum atomic E-state index is -0.623. The molecule has 4 atom stereocenters. The van der Waals surface area contributed by atoms with E-state index in [9.17, 15) is 19.2 Å². The van der Waals surface area contributed by atoms with Gasteiger partial charge in [-0.05, 0) is 87.5 Å². The number of hydrogen-bond acceptors (Lipinski definition) is 10. The van der Waals surface area contributed by atoms with E-state index in [4.69, 9.17) is 19.4 Å². The highest BCUT2D eigenvalue weighted by Crippen LogP contribution is 2.37. The highest BCUT2D eigenvalue weighted by atomic mass is 16.5. The highest BCUT2D eigenvalue weighted by molar-refractivity contribution is 5.89. The fourth-order valence-electron chi connectivity index (χ4n) is 10.4. The first-order valence-corrected chi connectivity index (χ1v) is 22.4. The largest absolute Gasteiger partial charge is 0.453 e. The number of rotatable bonds is 10. The van der Waals surface area contributed by atoms with Crippen LogP contribution < -0.4 is 10.6 Å². The topological polar surface area (TPSA) is 200 Å². The van der Waals surface area contributed by atoms with Crippen molar-refractivity contribution in [3.8, 4) is 22.5 Å². The molecule has 4 N–H and O–H groups in total. The summed E-state index contributed by atoms with van der Waals surface area (Å²) < 4.78 is 9.82. The predicted octanol–water partition coefficient (Wildman–Crippen LogP) is 7.50. The number of carbonyl (C=O) groups excluding carboxylic acids is 4. The zero-order valence-corrected chi connectivity index (χ0v) is 35.5. The van der Waals surface area contributed by atoms with Gasteiger partial charge in [-0.1, -0.05) is 56.7 Å². The van der Waals surface area contributed by atoms with Gasteiger partial charge < -0.3 is 39.9 Å². The van der Waals surface area contributed by atoms with E-state index in [2.05, 4.69) is 30.8 Å². The smallest absolute Gasteiger partial charge is 0.407 e. The number of methoxy groups -OCH3 is 2. The van der Waals surface area contributed by atoms with Gasteiger partial charge in [0, 0.05) is 29.6 Å². The van der Waals surface area contributed by atoms with Crippen LogP contribution in [0.4, 0.5) is 9.59 Å². The van der Waals surface area contributed by atoms with Crippen molar-refractivity contribution in [1.29, 1.82) is 0 Å². The number of ether oxygens (including phenoxy) is 2. The van der Waals surface area contributed by atoms with Crippen LogP contribution in [0.15, 0.2) is 48.7 Å². The Morgan fingerprint density at radius 3 is 1.85 bits per heavy atom. The molecule has 16 nitrogen and oxygen atoms in total. The second kappa shape index (κ2) is 18.1. The Morgan fingerprint density at radius 2 is 1.24 bits per heavy atom. The summed E-state index contributed by atoms with van der Waals surface area (Å²) in [4.78, 5) is 73.3. The summed E-state index contributed by atoms with van der Waals surface area (Å²) in [6.45, 7) is 1.21. The van der Waals surface area contributed by atoms with E-state index in [1.165, 1.54) is 14.2 Å². The predicted molar refractivity (Wildman–Crippen MR) is 231 cm³/mol. The first-order valence-electron chi connectivity index (χ1n) is 22.4. The maximum absolute atomic E-state index is 14.1. The Balaban J connectivity index is 0.900. The standard InChI is InChI=1S/C46H56N10O6/c1-61-45(59)51-39(27-11-5-3-6-12-27)43(57)55-21-9-15-37(55)41-47-26-36(50-41)31-18-17-29-23-33(53-54-34(29)24-31)30-19-20-32-35(25-30)49-42(48-32)38-16-10-22-56(38)44(58)40(52-46(60)62-2)28-13-7-4-8-14-28/h17-20,23-28,37-40H,3-16,21-22H2,1-2H3,(H,47,50)(H,48,49)(H,51,59)(H,52,60). The lowest BCUT2D eigenvalue weighted by Crippen LogP contribution is -2.52. The fraction of sp³-hybridized carbons (Fsp3) is 0.522. The molecule has 2 aromatic carbocycles. The lowest BCUT2D eigenvalue weighted by Gasteiger charge is -2.34. The summed E-state index contributed by atoms with van der Waals surface area (Å²) in [5.74, 6) is 1.46. The third kappa shape index (κ3) is 8.43. The van der Waals surface area contributed by atoms with E-state index in [0.717, 1.165) is 140 Å². The number of likely N-dealkylation sites (tertiary alicyclic amines) is 2. The molecule has 326 valence electrons. The van der Waals surface area contributed by atoms with Crippen molar-refractivity contribution in [3.63, 3.8) is 0 Å². The molecule has 0 spiro atoms. The van der Waals surface area contributed by atoms with Crippen LogP contribution in [0.3, 0.4) is 0 Å². The van der Waals surface area contributed by atoms with E-state index in [-0.39, 0.29) is 35.7 Å². The quantitative estimate of drug-likeness (QED) is 0.109. The van der Waals surface area contributed by atoms with Gasteiger partial charge in [0.15, 0.2) is 0 Å². The minimum Gasteiger partial charge on any atom is -0.453 e. The highest BCUT2D eigenvalue weighted by Gasteiger charge is 2.41. The van der Waals surface area contributed by atoms with E-state index >= 15 is 0 Å². The number of fused-ring (bicyclic) bond motifs is 2. The zero-order chi connectivity index (χ0) is 42.7. The molecule has 16 heteroatoms. The van der Waals surface area contributed by atoms with Crippen LogP contribution in [0.2, 0.25) is 0 Å². The molecular weight excluding hydrogens is 789 g/mol. The molecule has 62 heavy (non-hydrogen) atoms. The van der Waals surface area contributed by atoms with Gasteiger partial charge in [0.2, 0.25) is 11.8 Å². The molecule has 4 amide bonds. The number of benzene rings is 2. The molecule has 2 aliphatic carbocycles. The second-order valence-corrected chi connectivity index (χ2v) is 17.4. The maximum atomic E-state index is 14.1. The number of hydrogen-bond donors (Lipinski definition) is 4. The van der Waals surface area contributed by atoms with E-state index < -0.39 is 24.3 Å². The normalized spacial score (nSPS) is 20.9. The SMILES string of the molecule is COC(=O)NC(C(=O)N1CCCC1c1ncc(-c2ccc3cc(-c4ccc5nc(C6CCCN6C(=O)C(NC(=O)OC)C6CCCCC6)[nH]c5c4)nnc3c2)[nH]1)C1CCCCC1. The van der Waals surface area contributed by atoms with Crippen molar-refractivity contribution >= 4 is 45.9 Å². The van der Waals surface area contributed by atoms with Gasteiger partial charge in [-0.15, -0.1) is 10.2 Å². The minimum absolute atomic E-state index is 0.0740. The summed E-state index contributed by atoms with van der Waals surface area (Å²) in [6.07, 6.45) is 14.0. The molecule has 9 rings (SSSR count). The summed E-state index contributed by atoms with van der Waals surface area (Å²) in [7, 11) is 2.66. The summed E-state index contributed by atoms with van der Waals surface area (Å²) in [5.41, 5.74) is 5.68. The van der Waals surface area contributed by atoms with Crippen LogP contribution in [0.1, 0.15) is 114 Å². The Kier molecular flexibility index (Phi) is 12.1. The van der Waals surface area contributed by atoms with E-state index in [0.29, 0.717) is 18.8 Å². The Morgan fingerprint density at radius 1 is 0.645 bits per heavy atom. The number of alkyl carbamates (subject to hydrolysis) is 2. The van der Waals surface area contributed by atoms with Crippen LogP contribution >= 0.6 is 0 Å². The summed E-state index contributed by atoms with van der Waals surface area (Å²) in [6, 6.07) is 12.3. The molecule has 4 fully saturated rings. The molecule has 5 aromatic rings. The van der Waals surface area contributed by atoms with Gasteiger partial charge in [-0.3, -0.25) is 9.59 Å². The summed E-state index contributed by atoms with van der Waals surface area (Å²) in [5, 5.41) is 15.9. The third-order valence-electron chi connectivity index (χ3n) is 13.7. The molecule has 2 aliphatic heterocycles. The van der Waals surface area contributed by atoms with Gasteiger partial charge >= 0.3 is 12.2 Å². The second-order valence-electron chi connectivity index (χ2n) is 17.4. The Bertz CT molecular complexity index is 2440. The molecule has 2 saturated heterocycles. The van der Waals surface area contributed by atoms with Crippen LogP contribution in [0.5, 0.6) is 0 Å². The molecule has 0 bridgehead atoms. The van der Waals surface area contributed by atoms with Gasteiger partial charge in [0.25, 0.3) is 0 Å². The number of imidazole rings is 2. The molecule has 5 heterocycles. The summed E-state index contributed by atoms with van der Waals surface area (Å²) >= 11 is 0. The number of H-pyrrole nitrogens is 2. The average molecular weight is 845 g/mol. The van der Waals surface area contributed by atoms with Gasteiger partial charge in [0.05, 0.1) is 60.4 Å². The van der Waals surface area contributed by atoms with Gasteiger partial charge in [0.1, 0.15) is 23.7 Å². The van der Waals surface area contributed by atoms with Crippen LogP contribution in [0.25, 0.3) is 44.5 Å². The van der Waals surface area contributed by atoms with Crippen molar-refractivity contribution in [2.45, 2.75) is 114 Å². The number of carbonyl (C=O) groups is 4. The van der Waals surface area contributed by atoms with Crippen LogP contribution in [0, 0.1) is 11.8 Å². The third-order valence-corrected chi connectivity index (χ3v) is 13.7. The van der Waals surface area contributed by atoms with Crippen molar-refractivity contribution in [1.82, 2.24) is 50.6 Å². The fourth-order valence-corrected chi connectivity index (χ4v) is 10.4. The van der Waals surface area contributed by atoms with Gasteiger partial charge in [-0.25, -0.2) is 19.6 Å². The molecule has 0 radical (unpaired) electrons. The number of aromatic nitrogens is 6. The number of aromatic amines is 2. The van der Waals surface area contributed by atoms with Crippen molar-refractivity contribution < 1.29 is 28.7 Å². The monoisotopic (exact) mass is 844 g/mol. The van der Waals surface area contributed by atoms with Crippen LogP contribution in [-0.2, 0) is 19.1 Å². The molecule has 2 saturated carbocycles. The lowest BCUT2D eigenvalue weighted by atomic mass is 9.83. The Hall–Kier alpha value is -6.06. The van der Waals surface area contributed by atoms with Crippen molar-refractivity contribution in [2.75, 3.05) is 27.3 Å². The number of amides is 4. The molecule has 3 aromatic heterocycles. The van der Waals surface area contributed by atoms with Crippen molar-refractivity contribution in [2.24, 2.45) is 11.8 Å². The average Bonchev–Trinajstić information content (AvgIpc) is 4.16. The van der Waals surface area contributed by atoms with Crippen molar-refractivity contribution in [3.05, 3.63) is 60.3 Å². The number of nitrogens with zero attached hydrogens (tertiary/aromatic N) is 6. The lowest BCUT2D eigenvalue weighted by molar-refractivity contribution is -0.136. The van der Waals surface area contributed by atoms with E-state index in [1.54, 1.807) is 6.20 Å². The van der Waals surface area contributed by atoms with Crippen LogP contribution in [-0.4, -0.2) is 103 Å². The molecular formula is C46H56N10O6. The number of nitrogens with one attached hydrogen (secondary N) is 4. The zero-order valence-electron chi connectivity index (χ0n) is 35.5. The first-order chi connectivity index (χ1) is 30.3. The molecule has 4 aliphatic rings.